The van der Waals surface area contributed by atoms with Gasteiger partial charge in [-0.3, -0.25) is 0 Å². The summed E-state index contributed by atoms with van der Waals surface area (Å²) in [6, 6.07) is 0. The zero-order valence-electron chi connectivity index (χ0n) is 11.7. The summed E-state index contributed by atoms with van der Waals surface area (Å²) in [5.41, 5.74) is 0. The van der Waals surface area contributed by atoms with Gasteiger partial charge in [0.15, 0.2) is 0 Å². The van der Waals surface area contributed by atoms with Crippen molar-refractivity contribution in [3.8, 4) is 0 Å². The minimum atomic E-state index is -0.547. The Morgan fingerprint density at radius 2 is 1.28 bits per heavy atom. The molecule has 3 nitrogen and oxygen atoms in total. The fraction of sp³-hybridized carbons (Fsp3) is 0.667. The van der Waals surface area contributed by atoms with Gasteiger partial charge in [0.25, 0.3) is 0 Å². The number of ether oxygens (including phenoxy) is 2. The molecule has 0 spiro atoms. The Morgan fingerprint density at radius 3 is 1.67 bits per heavy atom. The van der Waals surface area contributed by atoms with Gasteiger partial charge in [-0.25, -0.2) is 4.79 Å². The molecule has 0 heterocycles. The van der Waals surface area contributed by atoms with Crippen molar-refractivity contribution >= 4 is 6.16 Å². The van der Waals surface area contributed by atoms with E-state index in [0.717, 1.165) is 38.5 Å². The van der Waals surface area contributed by atoms with Crippen LogP contribution in [0, 0.1) is 0 Å². The topological polar surface area (TPSA) is 35.5 Å². The first kappa shape index (κ1) is 16.8. The van der Waals surface area contributed by atoms with Gasteiger partial charge in [-0.1, -0.05) is 38.2 Å². The van der Waals surface area contributed by atoms with Crippen molar-refractivity contribution in [3.05, 3.63) is 24.3 Å². The molecular formula is C15H26O3. The third-order valence-corrected chi connectivity index (χ3v) is 2.27. The lowest BCUT2D eigenvalue weighted by Gasteiger charge is -2.04. The molecule has 0 amide bonds. The zero-order chi connectivity index (χ0) is 13.5. The van der Waals surface area contributed by atoms with Gasteiger partial charge in [0.1, 0.15) is 0 Å². The molecule has 104 valence electrons. The van der Waals surface area contributed by atoms with E-state index in [1.807, 2.05) is 0 Å². The van der Waals surface area contributed by atoms with E-state index in [-0.39, 0.29) is 0 Å². The average molecular weight is 254 g/mol. The molecular weight excluding hydrogens is 228 g/mol. The fourth-order valence-electron chi connectivity index (χ4n) is 1.32. The van der Waals surface area contributed by atoms with Gasteiger partial charge in [0.05, 0.1) is 13.2 Å². The summed E-state index contributed by atoms with van der Waals surface area (Å²) in [4.78, 5) is 11.1. The van der Waals surface area contributed by atoms with Gasteiger partial charge in [-0.05, 0) is 38.5 Å². The number of carbonyl (C=O) groups is 1. The molecule has 0 aromatic heterocycles. The van der Waals surface area contributed by atoms with E-state index >= 15 is 0 Å². The highest BCUT2D eigenvalue weighted by atomic mass is 16.7. The molecule has 3 heteroatoms. The second-order valence-electron chi connectivity index (χ2n) is 3.99. The van der Waals surface area contributed by atoms with Gasteiger partial charge >= 0.3 is 6.16 Å². The molecule has 0 bridgehead atoms. The predicted molar refractivity (Wildman–Crippen MR) is 74.6 cm³/mol. The van der Waals surface area contributed by atoms with Crippen molar-refractivity contribution in [2.24, 2.45) is 0 Å². The second kappa shape index (κ2) is 13.8. The van der Waals surface area contributed by atoms with Crippen LogP contribution in [-0.2, 0) is 9.47 Å². The van der Waals surface area contributed by atoms with Gasteiger partial charge in [-0.15, -0.1) is 0 Å². The molecule has 0 aromatic carbocycles. The van der Waals surface area contributed by atoms with E-state index in [4.69, 9.17) is 9.47 Å². The summed E-state index contributed by atoms with van der Waals surface area (Å²) < 4.78 is 9.87. The lowest BCUT2D eigenvalue weighted by molar-refractivity contribution is 0.0541. The minimum absolute atomic E-state index is 0.433. The molecule has 0 radical (unpaired) electrons. The molecule has 0 aromatic rings. The van der Waals surface area contributed by atoms with Crippen LogP contribution in [0.15, 0.2) is 24.3 Å². The van der Waals surface area contributed by atoms with Crippen LogP contribution >= 0.6 is 0 Å². The monoisotopic (exact) mass is 254 g/mol. The normalized spacial score (nSPS) is 11.2. The van der Waals surface area contributed by atoms with E-state index in [0.29, 0.717) is 13.2 Å². The smallest absolute Gasteiger partial charge is 0.434 e. The summed E-state index contributed by atoms with van der Waals surface area (Å²) in [6.07, 6.45) is 13.6. The Balaban J connectivity index is 3.27. The number of rotatable bonds is 10. The van der Waals surface area contributed by atoms with Gasteiger partial charge < -0.3 is 9.47 Å². The van der Waals surface area contributed by atoms with Crippen LogP contribution < -0.4 is 0 Å². The first-order valence-electron chi connectivity index (χ1n) is 6.90. The summed E-state index contributed by atoms with van der Waals surface area (Å²) in [7, 11) is 0. The summed E-state index contributed by atoms with van der Waals surface area (Å²) in [6.45, 7) is 5.06. The van der Waals surface area contributed by atoms with Gasteiger partial charge in [-0.2, -0.15) is 0 Å². The SMILES string of the molecule is CCC=CCCCOC(=O)OCCCC=CCC. The maximum absolute atomic E-state index is 11.1. The van der Waals surface area contributed by atoms with Crippen LogP contribution in [0.1, 0.15) is 52.4 Å². The van der Waals surface area contributed by atoms with Crippen molar-refractivity contribution in [1.82, 2.24) is 0 Å². The highest BCUT2D eigenvalue weighted by molar-refractivity contribution is 5.59. The Morgan fingerprint density at radius 1 is 0.833 bits per heavy atom. The molecule has 0 unspecified atom stereocenters. The molecule has 0 saturated carbocycles. The Hall–Kier alpha value is -1.25. The first-order valence-corrected chi connectivity index (χ1v) is 6.90. The van der Waals surface area contributed by atoms with Crippen molar-refractivity contribution in [3.63, 3.8) is 0 Å². The lowest BCUT2D eigenvalue weighted by Crippen LogP contribution is -2.09. The molecule has 0 aliphatic carbocycles. The van der Waals surface area contributed by atoms with E-state index in [9.17, 15) is 4.79 Å². The highest BCUT2D eigenvalue weighted by Crippen LogP contribution is 1.98. The second-order valence-corrected chi connectivity index (χ2v) is 3.99. The summed E-state index contributed by atoms with van der Waals surface area (Å²) in [5, 5.41) is 0. The zero-order valence-corrected chi connectivity index (χ0v) is 11.7. The standard InChI is InChI=1S/C15H26O3/c1-3-5-7-9-11-13-17-15(16)18-14-12-10-8-6-4-2/h5-8H,3-4,9-14H2,1-2H3. The molecule has 0 atom stereocenters. The van der Waals surface area contributed by atoms with Crippen LogP contribution in [0.3, 0.4) is 0 Å². The summed E-state index contributed by atoms with van der Waals surface area (Å²) in [5.74, 6) is 0. The highest BCUT2D eigenvalue weighted by Gasteiger charge is 2.01. The van der Waals surface area contributed by atoms with Gasteiger partial charge in [0.2, 0.25) is 0 Å². The van der Waals surface area contributed by atoms with E-state index in [1.165, 1.54) is 0 Å². The summed E-state index contributed by atoms with van der Waals surface area (Å²) >= 11 is 0. The van der Waals surface area contributed by atoms with E-state index in [1.54, 1.807) is 0 Å². The lowest BCUT2D eigenvalue weighted by atomic mass is 10.3. The van der Waals surface area contributed by atoms with Crippen LogP contribution in [0.2, 0.25) is 0 Å². The number of hydrogen-bond acceptors (Lipinski definition) is 3. The van der Waals surface area contributed by atoms with Crippen LogP contribution in [-0.4, -0.2) is 19.4 Å². The quantitative estimate of drug-likeness (QED) is 0.324. The Labute approximate surface area is 111 Å². The van der Waals surface area contributed by atoms with Gasteiger partial charge in [0, 0.05) is 0 Å². The number of unbranched alkanes of at least 4 members (excludes halogenated alkanes) is 2. The van der Waals surface area contributed by atoms with Crippen molar-refractivity contribution in [2.45, 2.75) is 52.4 Å². The molecule has 0 saturated heterocycles. The average Bonchev–Trinajstić information content (AvgIpc) is 2.38. The minimum Gasteiger partial charge on any atom is -0.434 e. The molecule has 0 aliphatic rings. The number of hydrogen-bond donors (Lipinski definition) is 0. The van der Waals surface area contributed by atoms with Crippen LogP contribution in [0.4, 0.5) is 4.79 Å². The van der Waals surface area contributed by atoms with Crippen LogP contribution in [0.25, 0.3) is 0 Å². The molecule has 0 rings (SSSR count). The largest absolute Gasteiger partial charge is 0.508 e. The van der Waals surface area contributed by atoms with E-state index in [2.05, 4.69) is 38.2 Å². The van der Waals surface area contributed by atoms with Crippen molar-refractivity contribution in [2.75, 3.05) is 13.2 Å². The fourth-order valence-corrected chi connectivity index (χ4v) is 1.32. The molecule has 0 N–H and O–H groups in total. The maximum Gasteiger partial charge on any atom is 0.508 e. The molecule has 18 heavy (non-hydrogen) atoms. The molecule has 0 aliphatic heterocycles. The third-order valence-electron chi connectivity index (χ3n) is 2.27. The maximum atomic E-state index is 11.1. The number of allylic oxidation sites excluding steroid dienone is 4. The predicted octanol–water partition coefficient (Wildman–Crippen LogP) is 4.63. The third kappa shape index (κ3) is 12.8. The Kier molecular flexibility index (Phi) is 12.9. The Bertz CT molecular complexity index is 220. The van der Waals surface area contributed by atoms with Crippen molar-refractivity contribution in [1.29, 1.82) is 0 Å². The van der Waals surface area contributed by atoms with Crippen LogP contribution in [0.5, 0.6) is 0 Å². The molecule has 0 fully saturated rings. The first-order chi connectivity index (χ1) is 8.81. The van der Waals surface area contributed by atoms with E-state index < -0.39 is 6.16 Å². The van der Waals surface area contributed by atoms with Crippen molar-refractivity contribution < 1.29 is 14.3 Å². The number of carbonyl (C=O) groups excluding carboxylic acids is 1.